The van der Waals surface area contributed by atoms with Crippen LogP contribution in [0, 0.1) is 11.3 Å². The predicted octanol–water partition coefficient (Wildman–Crippen LogP) is 1.73. The molecule has 1 aromatic carbocycles. The first-order chi connectivity index (χ1) is 6.74. The van der Waals surface area contributed by atoms with Crippen LogP contribution in [0.5, 0.6) is 5.75 Å². The van der Waals surface area contributed by atoms with Gasteiger partial charge in [0.2, 0.25) is 0 Å². The van der Waals surface area contributed by atoms with Gasteiger partial charge in [0.15, 0.2) is 0 Å². The monoisotopic (exact) mass is 191 g/mol. The molecule has 14 heavy (non-hydrogen) atoms. The van der Waals surface area contributed by atoms with Crippen LogP contribution in [-0.4, -0.2) is 17.3 Å². The molecule has 74 valence electrons. The maximum atomic E-state index is 9.43. The van der Waals surface area contributed by atoms with Crippen molar-refractivity contribution in [2.24, 2.45) is 0 Å². The molecule has 0 amide bonds. The number of aliphatic hydroxyl groups is 1. The highest BCUT2D eigenvalue weighted by Crippen LogP contribution is 2.13. The van der Waals surface area contributed by atoms with Crippen LogP contribution in [0.25, 0.3) is 0 Å². The second-order valence-electron chi connectivity index (χ2n) is 3.07. The first-order valence-corrected chi connectivity index (χ1v) is 4.50. The fraction of sp³-hybridized carbons (Fsp3) is 0.364. The molecule has 1 rings (SSSR count). The van der Waals surface area contributed by atoms with Gasteiger partial charge in [-0.1, -0.05) is 18.2 Å². The van der Waals surface area contributed by atoms with Crippen LogP contribution in [0.15, 0.2) is 30.3 Å². The minimum Gasteiger partial charge on any atom is -0.488 e. The molecule has 0 saturated carbocycles. The van der Waals surface area contributed by atoms with Gasteiger partial charge < -0.3 is 9.84 Å². The molecule has 2 atom stereocenters. The van der Waals surface area contributed by atoms with Gasteiger partial charge in [0.05, 0.1) is 12.5 Å². The molecular formula is C11H13NO2. The zero-order chi connectivity index (χ0) is 10.4. The summed E-state index contributed by atoms with van der Waals surface area (Å²) in [6.07, 6.45) is -1.01. The van der Waals surface area contributed by atoms with E-state index in [0.717, 1.165) is 0 Å². The van der Waals surface area contributed by atoms with Gasteiger partial charge in [0.25, 0.3) is 0 Å². The van der Waals surface area contributed by atoms with Gasteiger partial charge in [-0.25, -0.2) is 0 Å². The molecule has 0 fully saturated rings. The van der Waals surface area contributed by atoms with Gasteiger partial charge in [0.1, 0.15) is 18.0 Å². The van der Waals surface area contributed by atoms with Crippen molar-refractivity contribution in [1.82, 2.24) is 0 Å². The van der Waals surface area contributed by atoms with E-state index < -0.39 is 6.10 Å². The quantitative estimate of drug-likeness (QED) is 0.788. The summed E-state index contributed by atoms with van der Waals surface area (Å²) in [4.78, 5) is 0. The zero-order valence-electron chi connectivity index (χ0n) is 8.05. The number of aliphatic hydroxyl groups excluding tert-OH is 1. The van der Waals surface area contributed by atoms with Crippen molar-refractivity contribution in [1.29, 1.82) is 5.26 Å². The van der Waals surface area contributed by atoms with E-state index in [2.05, 4.69) is 0 Å². The second kappa shape index (κ2) is 5.25. The Kier molecular flexibility index (Phi) is 3.96. The number of rotatable bonds is 4. The number of hydrogen-bond acceptors (Lipinski definition) is 3. The third-order valence-electron chi connectivity index (χ3n) is 1.91. The Labute approximate surface area is 83.6 Å². The summed E-state index contributed by atoms with van der Waals surface area (Å²) >= 11 is 0. The second-order valence-corrected chi connectivity index (χ2v) is 3.07. The molecule has 0 aliphatic heterocycles. The molecule has 0 heterocycles. The van der Waals surface area contributed by atoms with Gasteiger partial charge in [-0.2, -0.15) is 5.26 Å². The van der Waals surface area contributed by atoms with Crippen molar-refractivity contribution in [2.75, 3.05) is 0 Å². The van der Waals surface area contributed by atoms with Crippen LogP contribution in [0.4, 0.5) is 0 Å². The Bertz CT molecular complexity index is 305. The third kappa shape index (κ3) is 3.08. The van der Waals surface area contributed by atoms with Crippen LogP contribution in [0.3, 0.4) is 0 Å². The molecule has 2 unspecified atom stereocenters. The Balaban J connectivity index is 2.49. The normalized spacial score (nSPS) is 14.1. The molecule has 0 aromatic heterocycles. The highest BCUT2D eigenvalue weighted by molar-refractivity contribution is 5.21. The summed E-state index contributed by atoms with van der Waals surface area (Å²) in [6, 6.07) is 11.1. The topological polar surface area (TPSA) is 53.2 Å². The number of hydrogen-bond donors (Lipinski definition) is 1. The Morgan fingerprint density at radius 2 is 2.07 bits per heavy atom. The minimum absolute atomic E-state index is 0.0913. The van der Waals surface area contributed by atoms with E-state index in [1.807, 2.05) is 36.4 Å². The van der Waals surface area contributed by atoms with E-state index in [1.54, 1.807) is 6.92 Å². The molecule has 3 nitrogen and oxygen atoms in total. The van der Waals surface area contributed by atoms with Crippen molar-refractivity contribution in [3.05, 3.63) is 30.3 Å². The summed E-state index contributed by atoms with van der Waals surface area (Å²) in [5, 5.41) is 17.8. The van der Waals surface area contributed by atoms with Crippen molar-refractivity contribution >= 4 is 0 Å². The van der Waals surface area contributed by atoms with E-state index in [9.17, 15) is 5.11 Å². The van der Waals surface area contributed by atoms with Crippen LogP contribution >= 0.6 is 0 Å². The first kappa shape index (κ1) is 10.6. The Morgan fingerprint density at radius 1 is 1.43 bits per heavy atom. The average Bonchev–Trinajstić information content (AvgIpc) is 2.19. The first-order valence-electron chi connectivity index (χ1n) is 4.50. The smallest absolute Gasteiger partial charge is 0.123 e. The minimum atomic E-state index is -0.736. The fourth-order valence-electron chi connectivity index (χ4n) is 1.05. The standard InChI is InChI=1S/C11H13NO2/c1-9(11(13)7-8-12)14-10-5-3-2-4-6-10/h2-6,9,11,13H,7H2,1H3. The van der Waals surface area contributed by atoms with Gasteiger partial charge >= 0.3 is 0 Å². The Morgan fingerprint density at radius 3 is 2.64 bits per heavy atom. The summed E-state index contributed by atoms with van der Waals surface area (Å²) in [5.41, 5.74) is 0. The molecule has 1 aromatic rings. The summed E-state index contributed by atoms with van der Waals surface area (Å²) in [6.45, 7) is 1.75. The number of para-hydroxylation sites is 1. The van der Waals surface area contributed by atoms with Crippen LogP contribution < -0.4 is 4.74 Å². The van der Waals surface area contributed by atoms with E-state index in [-0.39, 0.29) is 12.5 Å². The van der Waals surface area contributed by atoms with Crippen LogP contribution in [0.1, 0.15) is 13.3 Å². The van der Waals surface area contributed by atoms with Crippen molar-refractivity contribution in [3.63, 3.8) is 0 Å². The molecule has 0 saturated heterocycles. The van der Waals surface area contributed by atoms with E-state index in [0.29, 0.717) is 5.75 Å². The fourth-order valence-corrected chi connectivity index (χ4v) is 1.05. The highest BCUT2D eigenvalue weighted by Gasteiger charge is 2.14. The maximum absolute atomic E-state index is 9.43. The van der Waals surface area contributed by atoms with Crippen molar-refractivity contribution in [2.45, 2.75) is 25.6 Å². The average molecular weight is 191 g/mol. The molecule has 0 bridgehead atoms. The van der Waals surface area contributed by atoms with Gasteiger partial charge in [0, 0.05) is 0 Å². The largest absolute Gasteiger partial charge is 0.488 e. The molecule has 0 aliphatic rings. The zero-order valence-corrected chi connectivity index (χ0v) is 8.05. The summed E-state index contributed by atoms with van der Waals surface area (Å²) < 4.78 is 5.43. The van der Waals surface area contributed by atoms with Crippen LogP contribution in [0.2, 0.25) is 0 Å². The lowest BCUT2D eigenvalue weighted by atomic mass is 10.2. The number of benzene rings is 1. The summed E-state index contributed by atoms with van der Waals surface area (Å²) in [7, 11) is 0. The lowest BCUT2D eigenvalue weighted by molar-refractivity contribution is 0.0508. The van der Waals surface area contributed by atoms with E-state index in [4.69, 9.17) is 10.00 Å². The number of nitrogens with zero attached hydrogens (tertiary/aromatic N) is 1. The Hall–Kier alpha value is -1.53. The molecule has 0 spiro atoms. The maximum Gasteiger partial charge on any atom is 0.123 e. The summed E-state index contributed by atoms with van der Waals surface area (Å²) in [5.74, 6) is 0.706. The molecule has 0 radical (unpaired) electrons. The van der Waals surface area contributed by atoms with E-state index in [1.165, 1.54) is 0 Å². The molecular weight excluding hydrogens is 178 g/mol. The SMILES string of the molecule is CC(Oc1ccccc1)C(O)CC#N. The third-order valence-corrected chi connectivity index (χ3v) is 1.91. The van der Waals surface area contributed by atoms with Gasteiger partial charge in [-0.3, -0.25) is 0 Å². The van der Waals surface area contributed by atoms with Crippen molar-refractivity contribution < 1.29 is 9.84 Å². The molecule has 0 aliphatic carbocycles. The van der Waals surface area contributed by atoms with Crippen LogP contribution in [-0.2, 0) is 0 Å². The number of nitriles is 1. The van der Waals surface area contributed by atoms with Crippen molar-refractivity contribution in [3.8, 4) is 11.8 Å². The lowest BCUT2D eigenvalue weighted by Crippen LogP contribution is -2.28. The van der Waals surface area contributed by atoms with Gasteiger partial charge in [-0.15, -0.1) is 0 Å². The van der Waals surface area contributed by atoms with Gasteiger partial charge in [-0.05, 0) is 19.1 Å². The predicted molar refractivity (Wildman–Crippen MR) is 52.8 cm³/mol. The molecule has 3 heteroatoms. The molecule has 1 N–H and O–H groups in total. The van der Waals surface area contributed by atoms with E-state index >= 15 is 0 Å². The number of ether oxygens (including phenoxy) is 1. The lowest BCUT2D eigenvalue weighted by Gasteiger charge is -2.18. The highest BCUT2D eigenvalue weighted by atomic mass is 16.5.